The average Bonchev–Trinajstić information content (AvgIpc) is 2.50. The zero-order valence-electron chi connectivity index (χ0n) is 12.1. The van der Waals surface area contributed by atoms with E-state index in [-0.39, 0.29) is 11.9 Å². The van der Waals surface area contributed by atoms with Crippen LogP contribution >= 0.6 is 0 Å². The monoisotopic (exact) mass is 290 g/mol. The zero-order valence-corrected chi connectivity index (χ0v) is 12.1. The zero-order chi connectivity index (χ0) is 15.1. The normalized spacial score (nSPS) is 14.6. The topological polar surface area (TPSA) is 87.5 Å². The minimum absolute atomic E-state index is 0.113. The van der Waals surface area contributed by atoms with Crippen molar-refractivity contribution in [1.82, 2.24) is 10.2 Å². The highest BCUT2D eigenvalue weighted by molar-refractivity contribution is 5.89. The average molecular weight is 290 g/mol. The summed E-state index contributed by atoms with van der Waals surface area (Å²) in [6, 6.07) is 6.58. The van der Waals surface area contributed by atoms with Gasteiger partial charge >= 0.3 is 6.03 Å². The van der Waals surface area contributed by atoms with Gasteiger partial charge in [0.25, 0.3) is 0 Å². The summed E-state index contributed by atoms with van der Waals surface area (Å²) in [5.41, 5.74) is 6.89. The van der Waals surface area contributed by atoms with Crippen molar-refractivity contribution in [3.63, 3.8) is 0 Å². The Morgan fingerprint density at radius 3 is 2.43 bits per heavy atom. The smallest absolute Gasteiger partial charge is 0.319 e. The maximum Gasteiger partial charge on any atom is 0.319 e. The molecule has 6 nitrogen and oxygen atoms in total. The molecule has 0 unspecified atom stereocenters. The van der Waals surface area contributed by atoms with Crippen molar-refractivity contribution in [2.45, 2.75) is 25.7 Å². The Bertz CT molecular complexity index is 481. The van der Waals surface area contributed by atoms with Gasteiger partial charge in [0.1, 0.15) is 0 Å². The first-order valence-corrected chi connectivity index (χ1v) is 7.33. The first-order valence-electron chi connectivity index (χ1n) is 7.33. The first kappa shape index (κ1) is 15.2. The third kappa shape index (κ3) is 4.98. The highest BCUT2D eigenvalue weighted by atomic mass is 16.2. The van der Waals surface area contributed by atoms with Crippen LogP contribution in [0.5, 0.6) is 0 Å². The van der Waals surface area contributed by atoms with Gasteiger partial charge in [-0.05, 0) is 43.5 Å². The molecule has 1 aromatic rings. The molecule has 21 heavy (non-hydrogen) atoms. The van der Waals surface area contributed by atoms with Gasteiger partial charge in [0.15, 0.2) is 0 Å². The quantitative estimate of drug-likeness (QED) is 0.739. The molecule has 0 saturated carbocycles. The first-order chi connectivity index (χ1) is 10.1. The van der Waals surface area contributed by atoms with Crippen molar-refractivity contribution in [2.75, 3.05) is 30.7 Å². The lowest BCUT2D eigenvalue weighted by Gasteiger charge is -2.26. The van der Waals surface area contributed by atoms with Gasteiger partial charge in [-0.2, -0.15) is 0 Å². The summed E-state index contributed by atoms with van der Waals surface area (Å²) in [4.78, 5) is 25.5. The lowest BCUT2D eigenvalue weighted by Crippen LogP contribution is -2.38. The van der Waals surface area contributed by atoms with Crippen LogP contribution in [0.25, 0.3) is 0 Å². The Labute approximate surface area is 124 Å². The maximum absolute atomic E-state index is 11.9. The predicted octanol–water partition coefficient (Wildman–Crippen LogP) is 1.79. The van der Waals surface area contributed by atoms with E-state index >= 15 is 0 Å². The van der Waals surface area contributed by atoms with Crippen LogP contribution in [0.15, 0.2) is 24.3 Å². The standard InChI is InChI=1S/C15H22N4O2/c16-12-4-6-13(7-5-12)18-15(21)17-9-8-14(20)19-10-2-1-3-11-19/h4-7H,1-3,8-11,16H2,(H2,17,18,21). The Hall–Kier alpha value is -2.24. The molecule has 1 aromatic carbocycles. The number of piperidine rings is 1. The van der Waals surface area contributed by atoms with Gasteiger partial charge in [0.05, 0.1) is 0 Å². The number of likely N-dealkylation sites (tertiary alicyclic amines) is 1. The number of nitrogen functional groups attached to an aromatic ring is 1. The molecule has 0 bridgehead atoms. The summed E-state index contributed by atoms with van der Waals surface area (Å²) in [5, 5.41) is 5.38. The number of anilines is 2. The van der Waals surface area contributed by atoms with E-state index in [9.17, 15) is 9.59 Å². The molecular weight excluding hydrogens is 268 g/mol. The summed E-state index contributed by atoms with van der Waals surface area (Å²) in [5.74, 6) is 0.113. The van der Waals surface area contributed by atoms with Crippen LogP contribution in [0.4, 0.5) is 16.2 Å². The lowest BCUT2D eigenvalue weighted by molar-refractivity contribution is -0.131. The molecule has 0 aromatic heterocycles. The molecule has 0 aliphatic carbocycles. The number of carbonyl (C=O) groups is 2. The molecule has 0 spiro atoms. The fourth-order valence-corrected chi connectivity index (χ4v) is 2.33. The summed E-state index contributed by atoms with van der Waals surface area (Å²) >= 11 is 0. The maximum atomic E-state index is 11.9. The van der Waals surface area contributed by atoms with E-state index in [0.29, 0.717) is 24.3 Å². The summed E-state index contributed by atoms with van der Waals surface area (Å²) in [6.07, 6.45) is 3.70. The van der Waals surface area contributed by atoms with Gasteiger partial charge in [0, 0.05) is 37.4 Å². The third-order valence-corrected chi connectivity index (χ3v) is 3.50. The Balaban J connectivity index is 1.66. The summed E-state index contributed by atoms with van der Waals surface area (Å²) in [7, 11) is 0. The number of urea groups is 1. The fourth-order valence-electron chi connectivity index (χ4n) is 2.33. The number of rotatable bonds is 4. The number of nitrogens with one attached hydrogen (secondary N) is 2. The number of hydrogen-bond acceptors (Lipinski definition) is 3. The Morgan fingerprint density at radius 2 is 1.76 bits per heavy atom. The van der Waals surface area contributed by atoms with Crippen LogP contribution in [0.2, 0.25) is 0 Å². The van der Waals surface area contributed by atoms with Crippen molar-refractivity contribution in [1.29, 1.82) is 0 Å². The van der Waals surface area contributed by atoms with E-state index in [4.69, 9.17) is 5.73 Å². The van der Waals surface area contributed by atoms with Crippen molar-refractivity contribution in [3.05, 3.63) is 24.3 Å². The highest BCUT2D eigenvalue weighted by Gasteiger charge is 2.15. The van der Waals surface area contributed by atoms with Gasteiger partial charge in [0.2, 0.25) is 5.91 Å². The van der Waals surface area contributed by atoms with Gasteiger partial charge in [-0.1, -0.05) is 0 Å². The minimum atomic E-state index is -0.314. The van der Waals surface area contributed by atoms with Gasteiger partial charge in [-0.15, -0.1) is 0 Å². The SMILES string of the molecule is Nc1ccc(NC(=O)NCCC(=O)N2CCCCC2)cc1. The molecule has 1 heterocycles. The van der Waals surface area contributed by atoms with Crippen LogP contribution < -0.4 is 16.4 Å². The molecular formula is C15H22N4O2. The fraction of sp³-hybridized carbons (Fsp3) is 0.467. The van der Waals surface area contributed by atoms with Crippen LogP contribution in [-0.2, 0) is 4.79 Å². The summed E-state index contributed by atoms with van der Waals surface area (Å²) in [6.45, 7) is 2.03. The molecule has 1 saturated heterocycles. The van der Waals surface area contributed by atoms with Crippen LogP contribution in [0.1, 0.15) is 25.7 Å². The van der Waals surface area contributed by atoms with E-state index in [1.165, 1.54) is 6.42 Å². The molecule has 1 fully saturated rings. The van der Waals surface area contributed by atoms with Crippen molar-refractivity contribution < 1.29 is 9.59 Å². The van der Waals surface area contributed by atoms with Crippen molar-refractivity contribution in [2.24, 2.45) is 0 Å². The second-order valence-corrected chi connectivity index (χ2v) is 5.19. The summed E-state index contributed by atoms with van der Waals surface area (Å²) < 4.78 is 0. The molecule has 1 aliphatic heterocycles. The number of nitrogens with two attached hydrogens (primary N) is 1. The van der Waals surface area contributed by atoms with Gasteiger partial charge in [-0.25, -0.2) is 4.79 Å². The lowest BCUT2D eigenvalue weighted by atomic mass is 10.1. The Kier molecular flexibility index (Phi) is 5.43. The molecule has 1 aliphatic rings. The molecule has 0 radical (unpaired) electrons. The highest BCUT2D eigenvalue weighted by Crippen LogP contribution is 2.11. The van der Waals surface area contributed by atoms with Crippen molar-refractivity contribution in [3.8, 4) is 0 Å². The largest absolute Gasteiger partial charge is 0.399 e. The number of benzene rings is 1. The number of carbonyl (C=O) groups excluding carboxylic acids is 2. The number of hydrogen-bond donors (Lipinski definition) is 3. The molecule has 0 atom stereocenters. The van der Waals surface area contributed by atoms with Crippen LogP contribution in [0.3, 0.4) is 0 Å². The molecule has 6 heteroatoms. The molecule has 3 amide bonds. The Morgan fingerprint density at radius 1 is 1.10 bits per heavy atom. The van der Waals surface area contributed by atoms with E-state index in [1.54, 1.807) is 24.3 Å². The molecule has 2 rings (SSSR count). The molecule has 4 N–H and O–H groups in total. The van der Waals surface area contributed by atoms with Crippen LogP contribution in [-0.4, -0.2) is 36.5 Å². The third-order valence-electron chi connectivity index (χ3n) is 3.50. The number of nitrogens with zero attached hydrogens (tertiary/aromatic N) is 1. The molecule has 114 valence electrons. The predicted molar refractivity (Wildman–Crippen MR) is 82.9 cm³/mol. The van der Waals surface area contributed by atoms with E-state index in [1.807, 2.05) is 4.90 Å². The van der Waals surface area contributed by atoms with E-state index in [2.05, 4.69) is 10.6 Å². The number of amides is 3. The van der Waals surface area contributed by atoms with Crippen molar-refractivity contribution >= 4 is 23.3 Å². The second kappa shape index (κ2) is 7.52. The van der Waals surface area contributed by atoms with Crippen LogP contribution in [0, 0.1) is 0 Å². The minimum Gasteiger partial charge on any atom is -0.399 e. The van der Waals surface area contributed by atoms with E-state index < -0.39 is 0 Å². The van der Waals surface area contributed by atoms with Gasteiger partial charge in [-0.3, -0.25) is 4.79 Å². The second-order valence-electron chi connectivity index (χ2n) is 5.19. The van der Waals surface area contributed by atoms with E-state index in [0.717, 1.165) is 25.9 Å². The van der Waals surface area contributed by atoms with Gasteiger partial charge < -0.3 is 21.3 Å².